The molecule has 22 heavy (non-hydrogen) atoms. The van der Waals surface area contributed by atoms with E-state index in [2.05, 4.69) is 9.47 Å². The number of nitrogen functional groups attached to an aromatic ring is 2. The molecular formula is C14H14N2O4S2. The number of carbonyl (C=O) groups is 2. The highest BCUT2D eigenvalue weighted by Gasteiger charge is 2.16. The van der Waals surface area contributed by atoms with Gasteiger partial charge in [0.05, 0.1) is 44.7 Å². The smallest absolute Gasteiger partial charge is 0.330 e. The summed E-state index contributed by atoms with van der Waals surface area (Å²) in [7, 11) is 2.61. The molecule has 0 spiro atoms. The van der Waals surface area contributed by atoms with Gasteiger partial charge < -0.3 is 20.9 Å². The number of carbonyl (C=O) groups excluding carboxylic acids is 2. The van der Waals surface area contributed by atoms with Crippen molar-refractivity contribution in [3.05, 3.63) is 21.9 Å². The Bertz CT molecular complexity index is 725. The van der Waals surface area contributed by atoms with Crippen LogP contribution in [0.5, 0.6) is 0 Å². The fraction of sp³-hybridized carbons (Fsp3) is 0.143. The van der Waals surface area contributed by atoms with Crippen LogP contribution in [0.4, 0.5) is 11.4 Å². The lowest BCUT2D eigenvalue weighted by Crippen LogP contribution is -1.94. The number of methoxy groups -OCH3 is 2. The van der Waals surface area contributed by atoms with Crippen LogP contribution in [0.1, 0.15) is 9.75 Å². The number of ether oxygens (including phenoxy) is 2. The predicted molar refractivity (Wildman–Crippen MR) is 90.6 cm³/mol. The number of rotatable bonds is 4. The Morgan fingerprint density at radius 1 is 0.909 bits per heavy atom. The number of hydrogen-bond donors (Lipinski definition) is 2. The predicted octanol–water partition coefficient (Wildman–Crippen LogP) is 2.50. The minimum atomic E-state index is -0.453. The first-order chi connectivity index (χ1) is 10.5. The molecule has 0 amide bonds. The highest BCUT2D eigenvalue weighted by molar-refractivity contribution is 7.39. The summed E-state index contributed by atoms with van der Waals surface area (Å²) < 4.78 is 10.00. The Morgan fingerprint density at radius 2 is 1.32 bits per heavy atom. The second kappa shape index (κ2) is 6.63. The Kier molecular flexibility index (Phi) is 4.84. The van der Waals surface area contributed by atoms with Gasteiger partial charge in [-0.25, -0.2) is 9.59 Å². The molecule has 0 saturated carbocycles. The molecule has 4 N–H and O–H groups in total. The minimum absolute atomic E-state index is 0.453. The van der Waals surface area contributed by atoms with E-state index >= 15 is 0 Å². The van der Waals surface area contributed by atoms with Gasteiger partial charge in [0, 0.05) is 12.2 Å². The normalized spacial score (nSPS) is 11.5. The summed E-state index contributed by atoms with van der Waals surface area (Å²) in [6.45, 7) is 0. The number of hydrogen-bond acceptors (Lipinski definition) is 8. The Hall–Kier alpha value is -2.32. The molecule has 2 rings (SSSR count). The maximum absolute atomic E-state index is 11.1. The fourth-order valence-corrected chi connectivity index (χ4v) is 4.16. The third-order valence-electron chi connectivity index (χ3n) is 2.82. The van der Waals surface area contributed by atoms with E-state index in [0.29, 0.717) is 11.4 Å². The van der Waals surface area contributed by atoms with Gasteiger partial charge in [-0.05, 0) is 12.2 Å². The number of esters is 2. The van der Waals surface area contributed by atoms with E-state index in [4.69, 9.17) is 11.5 Å². The fourth-order valence-electron chi connectivity index (χ4n) is 1.72. The third-order valence-corrected chi connectivity index (χ3v) is 5.25. The van der Waals surface area contributed by atoms with Crippen molar-refractivity contribution < 1.29 is 19.1 Å². The van der Waals surface area contributed by atoms with Crippen molar-refractivity contribution in [2.75, 3.05) is 25.7 Å². The average molecular weight is 338 g/mol. The molecule has 0 bridgehead atoms. The van der Waals surface area contributed by atoms with Crippen LogP contribution in [0.2, 0.25) is 0 Å². The second-order valence-corrected chi connectivity index (χ2v) is 6.50. The highest BCUT2D eigenvalue weighted by atomic mass is 32.2. The van der Waals surface area contributed by atoms with Gasteiger partial charge in [0.25, 0.3) is 0 Å². The van der Waals surface area contributed by atoms with Gasteiger partial charge in [0.2, 0.25) is 0 Å². The van der Waals surface area contributed by atoms with Crippen molar-refractivity contribution in [1.82, 2.24) is 0 Å². The van der Waals surface area contributed by atoms with E-state index in [9.17, 15) is 9.59 Å². The lowest BCUT2D eigenvalue weighted by molar-refractivity contribution is -0.135. The standard InChI is InChI=1S/C14H14N2O4S2/c1-19-9(17)5-3-7-12(15)11-13(16)8(22-14(11)21-7)4-6-10(18)20-2/h3-6H,15-16H2,1-2H3/b5-3+,6-4+. The summed E-state index contributed by atoms with van der Waals surface area (Å²) >= 11 is 2.84. The molecule has 0 aliphatic carbocycles. The molecule has 8 heteroatoms. The molecule has 0 radical (unpaired) electrons. The third kappa shape index (κ3) is 3.12. The first kappa shape index (κ1) is 16.1. The largest absolute Gasteiger partial charge is 0.466 e. The van der Waals surface area contributed by atoms with E-state index < -0.39 is 11.9 Å². The van der Waals surface area contributed by atoms with Crippen molar-refractivity contribution >= 4 is 67.5 Å². The Balaban J connectivity index is 2.38. The van der Waals surface area contributed by atoms with Gasteiger partial charge in [-0.2, -0.15) is 0 Å². The summed E-state index contributed by atoms with van der Waals surface area (Å²) in [6.07, 6.45) is 5.81. The zero-order valence-corrected chi connectivity index (χ0v) is 13.5. The zero-order valence-electron chi connectivity index (χ0n) is 11.9. The van der Waals surface area contributed by atoms with Gasteiger partial charge in [-0.15, -0.1) is 22.7 Å². The molecule has 0 aromatic carbocycles. The Labute approximate surface area is 134 Å². The number of anilines is 2. The van der Waals surface area contributed by atoms with Crippen LogP contribution in [0.3, 0.4) is 0 Å². The second-order valence-electron chi connectivity index (χ2n) is 4.14. The molecule has 0 aliphatic rings. The number of thiophene rings is 2. The minimum Gasteiger partial charge on any atom is -0.466 e. The summed E-state index contributed by atoms with van der Waals surface area (Å²) in [5.74, 6) is -0.906. The molecule has 116 valence electrons. The molecule has 2 heterocycles. The molecule has 2 aromatic heterocycles. The first-order valence-electron chi connectivity index (χ1n) is 6.10. The van der Waals surface area contributed by atoms with Crippen molar-refractivity contribution in [3.8, 4) is 0 Å². The molecule has 2 aromatic rings. The van der Waals surface area contributed by atoms with E-state index in [1.54, 1.807) is 12.2 Å². The highest BCUT2D eigenvalue weighted by Crippen LogP contribution is 2.45. The van der Waals surface area contributed by atoms with E-state index in [-0.39, 0.29) is 0 Å². The van der Waals surface area contributed by atoms with Gasteiger partial charge in [-0.1, -0.05) is 0 Å². The van der Waals surface area contributed by atoms with Crippen LogP contribution in [0.15, 0.2) is 12.2 Å². The maximum Gasteiger partial charge on any atom is 0.330 e. The monoisotopic (exact) mass is 338 g/mol. The summed E-state index contributed by atoms with van der Waals surface area (Å²) in [4.78, 5) is 23.7. The van der Waals surface area contributed by atoms with Crippen molar-refractivity contribution in [2.45, 2.75) is 0 Å². The average Bonchev–Trinajstić information content (AvgIpc) is 2.99. The number of nitrogens with two attached hydrogens (primary N) is 2. The van der Waals surface area contributed by atoms with Gasteiger partial charge >= 0.3 is 11.9 Å². The van der Waals surface area contributed by atoms with Crippen LogP contribution in [0, 0.1) is 0 Å². The van der Waals surface area contributed by atoms with Crippen molar-refractivity contribution in [2.24, 2.45) is 0 Å². The molecular weight excluding hydrogens is 324 g/mol. The van der Waals surface area contributed by atoms with Crippen LogP contribution in [-0.2, 0) is 19.1 Å². The van der Waals surface area contributed by atoms with E-state index in [1.807, 2.05) is 0 Å². The van der Waals surface area contributed by atoms with Crippen molar-refractivity contribution in [1.29, 1.82) is 0 Å². The topological polar surface area (TPSA) is 105 Å². The summed E-state index contributed by atoms with van der Waals surface area (Å²) in [5, 5.41) is 0.740. The van der Waals surface area contributed by atoms with Crippen LogP contribution in [-0.4, -0.2) is 26.2 Å². The SMILES string of the molecule is COC(=O)/C=C/c1sc2sc(/C=C/C(=O)OC)c(N)c2c1N. The summed E-state index contributed by atoms with van der Waals surface area (Å²) in [6, 6.07) is 0. The molecule has 0 fully saturated rings. The molecule has 0 saturated heterocycles. The van der Waals surface area contributed by atoms with E-state index in [0.717, 1.165) is 19.2 Å². The lowest BCUT2D eigenvalue weighted by Gasteiger charge is -1.96. The van der Waals surface area contributed by atoms with Crippen LogP contribution in [0.25, 0.3) is 21.6 Å². The van der Waals surface area contributed by atoms with Crippen LogP contribution >= 0.6 is 22.7 Å². The number of fused-ring (bicyclic) bond motifs is 1. The van der Waals surface area contributed by atoms with Gasteiger partial charge in [0.1, 0.15) is 0 Å². The summed E-state index contributed by atoms with van der Waals surface area (Å²) in [5.41, 5.74) is 13.2. The first-order valence-corrected chi connectivity index (χ1v) is 7.73. The van der Waals surface area contributed by atoms with Gasteiger partial charge in [0.15, 0.2) is 0 Å². The van der Waals surface area contributed by atoms with E-state index in [1.165, 1.54) is 49.0 Å². The Morgan fingerprint density at radius 3 is 1.64 bits per heavy atom. The van der Waals surface area contributed by atoms with Crippen LogP contribution < -0.4 is 11.5 Å². The van der Waals surface area contributed by atoms with Crippen molar-refractivity contribution in [3.63, 3.8) is 0 Å². The molecule has 0 atom stereocenters. The molecule has 0 aliphatic heterocycles. The lowest BCUT2D eigenvalue weighted by atomic mass is 10.2. The molecule has 6 nitrogen and oxygen atoms in total. The maximum atomic E-state index is 11.1. The molecule has 0 unspecified atom stereocenters. The van der Waals surface area contributed by atoms with Gasteiger partial charge in [-0.3, -0.25) is 0 Å². The zero-order chi connectivity index (χ0) is 16.3. The quantitative estimate of drug-likeness (QED) is 0.655.